The molecule has 1 aliphatic carbocycles. The Kier molecular flexibility index (Phi) is 4.31. The third-order valence-corrected chi connectivity index (χ3v) is 5.46. The lowest BCUT2D eigenvalue weighted by atomic mass is 10.0. The van der Waals surface area contributed by atoms with Crippen LogP contribution >= 0.6 is 0 Å². The zero-order chi connectivity index (χ0) is 17.4. The Bertz CT molecular complexity index is 746. The van der Waals surface area contributed by atoms with E-state index in [0.29, 0.717) is 30.7 Å². The van der Waals surface area contributed by atoms with E-state index in [1.807, 2.05) is 15.6 Å². The fraction of sp³-hybridized carbons (Fsp3) is 0.667. The van der Waals surface area contributed by atoms with E-state index in [-0.39, 0.29) is 11.9 Å². The molecule has 7 nitrogen and oxygen atoms in total. The molecule has 1 aliphatic heterocycles. The van der Waals surface area contributed by atoms with Crippen molar-refractivity contribution in [1.29, 1.82) is 0 Å². The fourth-order valence-corrected chi connectivity index (χ4v) is 4.19. The molecule has 0 bridgehead atoms. The van der Waals surface area contributed by atoms with Crippen LogP contribution in [0, 0.1) is 0 Å². The van der Waals surface area contributed by atoms with Gasteiger partial charge < -0.3 is 4.52 Å². The Morgan fingerprint density at radius 1 is 1.28 bits per heavy atom. The van der Waals surface area contributed by atoms with Crippen LogP contribution in [0.5, 0.6) is 0 Å². The quantitative estimate of drug-likeness (QED) is 0.851. The highest BCUT2D eigenvalue weighted by Gasteiger charge is 2.32. The Morgan fingerprint density at radius 2 is 2.08 bits per heavy atom. The van der Waals surface area contributed by atoms with Crippen LogP contribution in [0.1, 0.15) is 76.0 Å². The molecule has 1 fully saturated rings. The average molecular weight is 343 g/mol. The van der Waals surface area contributed by atoms with Crippen molar-refractivity contribution in [3.8, 4) is 0 Å². The lowest BCUT2D eigenvalue weighted by Crippen LogP contribution is -2.45. The summed E-state index contributed by atoms with van der Waals surface area (Å²) in [7, 11) is 0. The minimum Gasteiger partial charge on any atom is -0.339 e. The summed E-state index contributed by atoms with van der Waals surface area (Å²) < 4.78 is 7.30. The van der Waals surface area contributed by atoms with E-state index < -0.39 is 0 Å². The maximum Gasteiger partial charge on any atom is 0.228 e. The Morgan fingerprint density at radius 3 is 2.88 bits per heavy atom. The van der Waals surface area contributed by atoms with Crippen molar-refractivity contribution in [2.75, 3.05) is 4.90 Å². The molecule has 4 rings (SSSR count). The van der Waals surface area contributed by atoms with Gasteiger partial charge in [-0.25, -0.2) is 4.68 Å². The molecule has 2 atom stereocenters. The number of rotatable bonds is 4. The molecule has 134 valence electrons. The number of aryl methyl sites for hydroxylation is 1. The SMILES string of the molecule is C[C@H]1C[C@H](C)n2nccc2N1C(=O)CCc1nc(C2CCCC2)no1. The minimum absolute atomic E-state index is 0.0850. The van der Waals surface area contributed by atoms with E-state index in [9.17, 15) is 4.79 Å². The summed E-state index contributed by atoms with van der Waals surface area (Å²) >= 11 is 0. The Labute approximate surface area is 147 Å². The number of nitrogens with zero attached hydrogens (tertiary/aromatic N) is 5. The predicted molar refractivity (Wildman–Crippen MR) is 92.3 cm³/mol. The van der Waals surface area contributed by atoms with Crippen molar-refractivity contribution in [2.24, 2.45) is 0 Å². The summed E-state index contributed by atoms with van der Waals surface area (Å²) in [4.78, 5) is 19.2. The monoisotopic (exact) mass is 343 g/mol. The van der Waals surface area contributed by atoms with Gasteiger partial charge in [-0.1, -0.05) is 18.0 Å². The van der Waals surface area contributed by atoms with Crippen LogP contribution in [0.15, 0.2) is 16.8 Å². The number of carbonyl (C=O) groups is 1. The predicted octanol–water partition coefficient (Wildman–Crippen LogP) is 3.24. The van der Waals surface area contributed by atoms with Crippen LogP contribution < -0.4 is 4.90 Å². The van der Waals surface area contributed by atoms with Crippen molar-refractivity contribution in [1.82, 2.24) is 19.9 Å². The molecular weight excluding hydrogens is 318 g/mol. The van der Waals surface area contributed by atoms with Gasteiger partial charge in [0.15, 0.2) is 5.82 Å². The lowest BCUT2D eigenvalue weighted by molar-refractivity contribution is -0.119. The first-order valence-electron chi connectivity index (χ1n) is 9.31. The molecule has 3 heterocycles. The maximum atomic E-state index is 12.8. The molecule has 1 saturated carbocycles. The van der Waals surface area contributed by atoms with Crippen LogP contribution in [-0.2, 0) is 11.2 Å². The average Bonchev–Trinajstić information content (AvgIpc) is 3.32. The first-order valence-corrected chi connectivity index (χ1v) is 9.31. The highest BCUT2D eigenvalue weighted by molar-refractivity contribution is 5.93. The first kappa shape index (κ1) is 16.3. The van der Waals surface area contributed by atoms with E-state index in [4.69, 9.17) is 4.52 Å². The summed E-state index contributed by atoms with van der Waals surface area (Å²) in [5.74, 6) is 2.79. The second-order valence-corrected chi connectivity index (χ2v) is 7.36. The van der Waals surface area contributed by atoms with Gasteiger partial charge in [0, 0.05) is 30.9 Å². The van der Waals surface area contributed by atoms with E-state index in [2.05, 4.69) is 29.1 Å². The van der Waals surface area contributed by atoms with Gasteiger partial charge >= 0.3 is 0 Å². The maximum absolute atomic E-state index is 12.8. The number of aromatic nitrogens is 4. The molecule has 2 aromatic heterocycles. The third kappa shape index (κ3) is 3.07. The fourth-order valence-electron chi connectivity index (χ4n) is 4.19. The van der Waals surface area contributed by atoms with Crippen molar-refractivity contribution in [2.45, 2.75) is 76.8 Å². The van der Waals surface area contributed by atoms with Crippen molar-refractivity contribution < 1.29 is 9.32 Å². The second-order valence-electron chi connectivity index (χ2n) is 7.36. The van der Waals surface area contributed by atoms with Gasteiger partial charge in [0.2, 0.25) is 11.8 Å². The number of amides is 1. The molecule has 0 saturated heterocycles. The van der Waals surface area contributed by atoms with Gasteiger partial charge in [-0.15, -0.1) is 0 Å². The molecule has 0 aromatic carbocycles. The van der Waals surface area contributed by atoms with Gasteiger partial charge in [-0.05, 0) is 33.1 Å². The van der Waals surface area contributed by atoms with Crippen LogP contribution in [0.3, 0.4) is 0 Å². The molecular formula is C18H25N5O2. The molecule has 0 unspecified atom stereocenters. The summed E-state index contributed by atoms with van der Waals surface area (Å²) in [5, 5.41) is 8.47. The summed E-state index contributed by atoms with van der Waals surface area (Å²) in [6.07, 6.45) is 8.30. The smallest absolute Gasteiger partial charge is 0.228 e. The Balaban J connectivity index is 1.42. The van der Waals surface area contributed by atoms with Gasteiger partial charge in [0.05, 0.1) is 12.2 Å². The van der Waals surface area contributed by atoms with Crippen LogP contribution in [0.4, 0.5) is 5.82 Å². The molecule has 2 aliphatic rings. The number of anilines is 1. The van der Waals surface area contributed by atoms with E-state index in [1.54, 1.807) is 6.20 Å². The summed E-state index contributed by atoms with van der Waals surface area (Å²) in [5.41, 5.74) is 0. The number of hydrogen-bond acceptors (Lipinski definition) is 5. The molecule has 0 N–H and O–H groups in total. The second kappa shape index (κ2) is 6.61. The van der Waals surface area contributed by atoms with Crippen LogP contribution in [0.25, 0.3) is 0 Å². The number of fused-ring (bicyclic) bond motifs is 1. The first-order chi connectivity index (χ1) is 12.1. The van der Waals surface area contributed by atoms with Gasteiger partial charge in [0.1, 0.15) is 5.82 Å². The molecule has 1 amide bonds. The summed E-state index contributed by atoms with van der Waals surface area (Å²) in [6.45, 7) is 4.23. The van der Waals surface area contributed by atoms with Crippen LogP contribution in [0.2, 0.25) is 0 Å². The van der Waals surface area contributed by atoms with Crippen molar-refractivity contribution in [3.63, 3.8) is 0 Å². The van der Waals surface area contributed by atoms with Crippen molar-refractivity contribution >= 4 is 11.7 Å². The zero-order valence-electron chi connectivity index (χ0n) is 14.9. The van der Waals surface area contributed by atoms with E-state index >= 15 is 0 Å². The number of hydrogen-bond donors (Lipinski definition) is 0. The molecule has 0 radical (unpaired) electrons. The van der Waals surface area contributed by atoms with Crippen molar-refractivity contribution in [3.05, 3.63) is 24.0 Å². The van der Waals surface area contributed by atoms with Gasteiger partial charge in [0.25, 0.3) is 0 Å². The van der Waals surface area contributed by atoms with Crippen LogP contribution in [-0.4, -0.2) is 31.9 Å². The lowest BCUT2D eigenvalue weighted by Gasteiger charge is -2.37. The molecule has 0 spiro atoms. The zero-order valence-corrected chi connectivity index (χ0v) is 14.9. The van der Waals surface area contributed by atoms with E-state index in [1.165, 1.54) is 12.8 Å². The molecule has 7 heteroatoms. The standard InChI is InChI=1S/C18H25N5O2/c1-12-11-13(2)23-16(9-10-19-23)22(12)17(24)8-7-15-20-18(21-25-15)14-5-3-4-6-14/h9-10,12-14H,3-8,11H2,1-2H3/t12-,13-/m0/s1. The largest absolute Gasteiger partial charge is 0.339 e. The van der Waals surface area contributed by atoms with Gasteiger partial charge in [-0.2, -0.15) is 10.1 Å². The highest BCUT2D eigenvalue weighted by Crippen LogP contribution is 2.33. The topological polar surface area (TPSA) is 77.1 Å². The third-order valence-electron chi connectivity index (χ3n) is 5.46. The van der Waals surface area contributed by atoms with E-state index in [0.717, 1.165) is 30.9 Å². The van der Waals surface area contributed by atoms with Gasteiger partial charge in [-0.3, -0.25) is 9.69 Å². The highest BCUT2D eigenvalue weighted by atomic mass is 16.5. The molecule has 2 aromatic rings. The minimum atomic E-state index is 0.0850. The summed E-state index contributed by atoms with van der Waals surface area (Å²) in [6, 6.07) is 2.40. The normalized spacial score (nSPS) is 23.8. The molecule has 25 heavy (non-hydrogen) atoms. The number of carbonyl (C=O) groups excluding carboxylic acids is 1. The Hall–Kier alpha value is -2.18.